The van der Waals surface area contributed by atoms with E-state index in [0.717, 1.165) is 30.2 Å². The lowest BCUT2D eigenvalue weighted by atomic mass is 10.2. The van der Waals surface area contributed by atoms with E-state index in [2.05, 4.69) is 6.92 Å². The van der Waals surface area contributed by atoms with Crippen molar-refractivity contribution in [3.05, 3.63) is 53.1 Å². The Kier molecular flexibility index (Phi) is 11.2. The molecule has 0 saturated heterocycles. The van der Waals surface area contributed by atoms with Crippen LogP contribution in [0.15, 0.2) is 47.4 Å². The number of carbonyl (C=O) groups is 1. The molecule has 0 aliphatic carbocycles. The van der Waals surface area contributed by atoms with Crippen molar-refractivity contribution in [1.29, 1.82) is 0 Å². The molecule has 0 bridgehead atoms. The first kappa shape index (κ1) is 27.2. The second-order valence-corrected chi connectivity index (χ2v) is 8.85. The Morgan fingerprint density at radius 2 is 1.64 bits per heavy atom. The first-order chi connectivity index (χ1) is 15.7. The van der Waals surface area contributed by atoms with Gasteiger partial charge >= 0.3 is 12.1 Å². The second-order valence-electron chi connectivity index (χ2n) is 7.16. The fourth-order valence-electron chi connectivity index (χ4n) is 2.88. The van der Waals surface area contributed by atoms with Gasteiger partial charge in [0.25, 0.3) is 0 Å². The molecule has 0 aliphatic heterocycles. The molecule has 0 radical (unpaired) electrons. The average Bonchev–Trinajstić information content (AvgIpc) is 2.77. The van der Waals surface area contributed by atoms with Crippen LogP contribution in [0.3, 0.4) is 0 Å². The van der Waals surface area contributed by atoms with Crippen LogP contribution in [0, 0.1) is 0 Å². The summed E-state index contributed by atoms with van der Waals surface area (Å²) in [6.07, 6.45) is -1.32. The predicted octanol–water partition coefficient (Wildman–Crippen LogP) is 7.42. The third-order valence-corrected chi connectivity index (χ3v) is 6.13. The normalized spacial score (nSPS) is 12.3. The Morgan fingerprint density at radius 3 is 2.24 bits per heavy atom. The van der Waals surface area contributed by atoms with Gasteiger partial charge in [-0.25, -0.2) is 0 Å². The van der Waals surface area contributed by atoms with Crippen LogP contribution >= 0.6 is 23.4 Å². The number of alkyl halides is 3. The van der Waals surface area contributed by atoms with E-state index >= 15 is 0 Å². The summed E-state index contributed by atoms with van der Waals surface area (Å²) in [5, 5.41) is -0.599. The minimum Gasteiger partial charge on any atom is -0.493 e. The van der Waals surface area contributed by atoms with E-state index in [0.29, 0.717) is 25.4 Å². The Morgan fingerprint density at radius 1 is 1.00 bits per heavy atom. The van der Waals surface area contributed by atoms with Crippen molar-refractivity contribution in [3.8, 4) is 11.5 Å². The van der Waals surface area contributed by atoms with E-state index < -0.39 is 11.7 Å². The van der Waals surface area contributed by atoms with Gasteiger partial charge in [-0.15, -0.1) is 11.8 Å². The number of rotatable bonds is 13. The molecule has 2 aromatic rings. The number of hydrogen-bond acceptors (Lipinski definition) is 5. The number of ether oxygens (including phenoxy) is 3. The lowest BCUT2D eigenvalue weighted by Crippen LogP contribution is -2.20. The summed E-state index contributed by atoms with van der Waals surface area (Å²) in [6.45, 7) is 4.78. The van der Waals surface area contributed by atoms with Crippen LogP contribution in [0.5, 0.6) is 11.5 Å². The molecule has 0 saturated carbocycles. The number of halogens is 4. The highest BCUT2D eigenvalue weighted by Gasteiger charge is 2.33. The summed E-state index contributed by atoms with van der Waals surface area (Å²) < 4.78 is 54.9. The molecule has 2 aromatic carbocycles. The van der Waals surface area contributed by atoms with Crippen molar-refractivity contribution < 1.29 is 32.2 Å². The van der Waals surface area contributed by atoms with Crippen LogP contribution in [0.2, 0.25) is 5.02 Å². The lowest BCUT2D eigenvalue weighted by Gasteiger charge is -2.15. The molecule has 0 N–H and O–H groups in total. The minimum absolute atomic E-state index is 0.104. The van der Waals surface area contributed by atoms with Gasteiger partial charge < -0.3 is 14.2 Å². The molecule has 182 valence electrons. The maximum atomic E-state index is 12.9. The predicted molar refractivity (Wildman–Crippen MR) is 124 cm³/mol. The monoisotopic (exact) mass is 504 g/mol. The number of carbonyl (C=O) groups excluding carboxylic acids is 1. The van der Waals surface area contributed by atoms with Gasteiger partial charge in [0.1, 0.15) is 16.7 Å². The summed E-state index contributed by atoms with van der Waals surface area (Å²) in [7, 11) is 0. The van der Waals surface area contributed by atoms with Crippen LogP contribution in [0.1, 0.15) is 45.1 Å². The fraction of sp³-hybridized carbons (Fsp3) is 0.458. The molecule has 0 fully saturated rings. The summed E-state index contributed by atoms with van der Waals surface area (Å²) in [5.41, 5.74) is -0.921. The van der Waals surface area contributed by atoms with Gasteiger partial charge in [-0.05, 0) is 55.8 Å². The fourth-order valence-corrected chi connectivity index (χ4v) is 4.17. The number of benzene rings is 2. The first-order valence-electron chi connectivity index (χ1n) is 10.8. The number of esters is 1. The summed E-state index contributed by atoms with van der Waals surface area (Å²) in [6, 6.07) is 10.9. The first-order valence-corrected chi connectivity index (χ1v) is 12.1. The second kappa shape index (κ2) is 13.6. The van der Waals surface area contributed by atoms with Crippen molar-refractivity contribution in [2.24, 2.45) is 0 Å². The molecule has 33 heavy (non-hydrogen) atoms. The SMILES string of the molecule is CCCCC(Sc1ccc(OCCCOc2ccc(Cl)c(C(F)(F)F)c2)cc1)C(=O)OCC. The van der Waals surface area contributed by atoms with Crippen molar-refractivity contribution >= 4 is 29.3 Å². The van der Waals surface area contributed by atoms with E-state index in [9.17, 15) is 18.0 Å². The molecule has 9 heteroatoms. The van der Waals surface area contributed by atoms with Gasteiger partial charge in [-0.2, -0.15) is 13.2 Å². The summed E-state index contributed by atoms with van der Waals surface area (Å²) in [4.78, 5) is 13.1. The Hall–Kier alpha value is -2.06. The van der Waals surface area contributed by atoms with Crippen LogP contribution in [0.4, 0.5) is 13.2 Å². The summed E-state index contributed by atoms with van der Waals surface area (Å²) in [5.74, 6) is 0.568. The van der Waals surface area contributed by atoms with Crippen LogP contribution in [-0.2, 0) is 15.7 Å². The molecule has 0 amide bonds. The van der Waals surface area contributed by atoms with Crippen molar-refractivity contribution in [1.82, 2.24) is 0 Å². The topological polar surface area (TPSA) is 44.8 Å². The molecule has 0 spiro atoms. The molecular formula is C24H28ClF3O4S. The summed E-state index contributed by atoms with van der Waals surface area (Å²) >= 11 is 7.08. The van der Waals surface area contributed by atoms with Crippen LogP contribution in [0.25, 0.3) is 0 Å². The molecule has 0 aromatic heterocycles. The maximum Gasteiger partial charge on any atom is 0.417 e. The Bertz CT molecular complexity index is 875. The van der Waals surface area contributed by atoms with Gasteiger partial charge in [0.2, 0.25) is 0 Å². The van der Waals surface area contributed by atoms with Gasteiger partial charge in [-0.1, -0.05) is 31.4 Å². The highest BCUT2D eigenvalue weighted by molar-refractivity contribution is 8.00. The van der Waals surface area contributed by atoms with E-state index in [-0.39, 0.29) is 28.6 Å². The largest absolute Gasteiger partial charge is 0.493 e. The molecular weight excluding hydrogens is 477 g/mol. The standard InChI is InChI=1S/C24H28ClF3O4S/c1-3-5-7-22(23(29)30-4-2)33-19-11-8-17(9-12-19)31-14-6-15-32-18-10-13-21(25)20(16-18)24(26,27)28/h8-13,16,22H,3-7,14-15H2,1-2H3. The van der Waals surface area contributed by atoms with Gasteiger partial charge in [0, 0.05) is 11.3 Å². The van der Waals surface area contributed by atoms with Crippen LogP contribution < -0.4 is 9.47 Å². The molecule has 4 nitrogen and oxygen atoms in total. The van der Waals surface area contributed by atoms with E-state index in [4.69, 9.17) is 25.8 Å². The molecule has 1 atom stereocenters. The van der Waals surface area contributed by atoms with E-state index in [1.165, 1.54) is 23.9 Å². The number of unbranched alkanes of at least 4 members (excludes halogenated alkanes) is 1. The van der Waals surface area contributed by atoms with Gasteiger partial charge in [0.15, 0.2) is 0 Å². The minimum atomic E-state index is -4.53. The Balaban J connectivity index is 1.78. The lowest BCUT2D eigenvalue weighted by molar-refractivity contribution is -0.142. The Labute approximate surface area is 201 Å². The van der Waals surface area contributed by atoms with Crippen LogP contribution in [-0.4, -0.2) is 31.0 Å². The van der Waals surface area contributed by atoms with Crippen molar-refractivity contribution in [2.45, 2.75) is 55.9 Å². The number of hydrogen-bond donors (Lipinski definition) is 0. The van der Waals surface area contributed by atoms with E-state index in [1.807, 2.05) is 24.3 Å². The van der Waals surface area contributed by atoms with E-state index in [1.54, 1.807) is 6.92 Å². The zero-order chi connectivity index (χ0) is 24.3. The zero-order valence-corrected chi connectivity index (χ0v) is 20.2. The highest BCUT2D eigenvalue weighted by atomic mass is 35.5. The number of thioether (sulfide) groups is 1. The molecule has 0 heterocycles. The zero-order valence-electron chi connectivity index (χ0n) is 18.6. The van der Waals surface area contributed by atoms with Gasteiger partial charge in [-0.3, -0.25) is 4.79 Å². The third kappa shape index (κ3) is 9.37. The molecule has 1 unspecified atom stereocenters. The molecule has 0 aliphatic rings. The molecule has 2 rings (SSSR count). The van der Waals surface area contributed by atoms with Gasteiger partial charge in [0.05, 0.1) is 30.4 Å². The van der Waals surface area contributed by atoms with Crippen molar-refractivity contribution in [3.63, 3.8) is 0 Å². The maximum absolute atomic E-state index is 12.9. The third-order valence-electron chi connectivity index (χ3n) is 4.54. The van der Waals surface area contributed by atoms with Crippen molar-refractivity contribution in [2.75, 3.05) is 19.8 Å². The highest BCUT2D eigenvalue weighted by Crippen LogP contribution is 2.36. The quantitative estimate of drug-likeness (QED) is 0.161. The average molecular weight is 505 g/mol. The smallest absolute Gasteiger partial charge is 0.417 e.